The van der Waals surface area contributed by atoms with E-state index in [1.54, 1.807) is 0 Å². The Morgan fingerprint density at radius 2 is 1.95 bits per heavy atom. The number of hydrogen-bond acceptors (Lipinski definition) is 5. The fourth-order valence-corrected chi connectivity index (χ4v) is 2.43. The van der Waals surface area contributed by atoms with Crippen molar-refractivity contribution in [3.63, 3.8) is 0 Å². The Morgan fingerprint density at radius 3 is 2.60 bits per heavy atom. The molecule has 0 saturated carbocycles. The first-order valence-electron chi connectivity index (χ1n) is 7.61. The molecule has 1 aromatic heterocycles. The van der Waals surface area contributed by atoms with E-state index < -0.39 is 0 Å². The summed E-state index contributed by atoms with van der Waals surface area (Å²) in [7, 11) is 0. The molecule has 1 fully saturated rings. The SMILES string of the molecule is CCCNc1nc(C)nc(NCC2CCCOC2)c1C. The minimum Gasteiger partial charge on any atom is -0.381 e. The maximum Gasteiger partial charge on any atom is 0.134 e. The van der Waals surface area contributed by atoms with Gasteiger partial charge in [0.15, 0.2) is 0 Å². The van der Waals surface area contributed by atoms with E-state index >= 15 is 0 Å². The number of nitrogens with zero attached hydrogens (tertiary/aromatic N) is 2. The molecule has 1 aliphatic rings. The van der Waals surface area contributed by atoms with E-state index in [2.05, 4.69) is 34.4 Å². The topological polar surface area (TPSA) is 59.1 Å². The van der Waals surface area contributed by atoms with Crippen LogP contribution in [0.3, 0.4) is 0 Å². The zero-order valence-electron chi connectivity index (χ0n) is 12.8. The fraction of sp³-hybridized carbons (Fsp3) is 0.733. The second-order valence-electron chi connectivity index (χ2n) is 5.48. The van der Waals surface area contributed by atoms with E-state index in [0.29, 0.717) is 5.92 Å². The van der Waals surface area contributed by atoms with Crippen LogP contribution in [0.15, 0.2) is 0 Å². The van der Waals surface area contributed by atoms with Crippen LogP contribution in [-0.4, -0.2) is 36.3 Å². The van der Waals surface area contributed by atoms with Gasteiger partial charge in [-0.3, -0.25) is 0 Å². The van der Waals surface area contributed by atoms with Crippen molar-refractivity contribution < 1.29 is 4.74 Å². The summed E-state index contributed by atoms with van der Waals surface area (Å²) >= 11 is 0. The number of rotatable bonds is 6. The van der Waals surface area contributed by atoms with Crippen LogP contribution in [0.5, 0.6) is 0 Å². The quantitative estimate of drug-likeness (QED) is 0.838. The molecule has 1 atom stereocenters. The van der Waals surface area contributed by atoms with Crippen LogP contribution in [0, 0.1) is 19.8 Å². The summed E-state index contributed by atoms with van der Waals surface area (Å²) in [6, 6.07) is 0. The summed E-state index contributed by atoms with van der Waals surface area (Å²) in [5.41, 5.74) is 1.10. The third-order valence-corrected chi connectivity index (χ3v) is 3.61. The number of hydrogen-bond donors (Lipinski definition) is 2. The summed E-state index contributed by atoms with van der Waals surface area (Å²) < 4.78 is 5.52. The minimum atomic E-state index is 0.588. The lowest BCUT2D eigenvalue weighted by molar-refractivity contribution is 0.0595. The highest BCUT2D eigenvalue weighted by atomic mass is 16.5. The smallest absolute Gasteiger partial charge is 0.134 e. The molecule has 5 heteroatoms. The normalized spacial score (nSPS) is 18.9. The molecule has 2 heterocycles. The molecule has 1 aromatic rings. The van der Waals surface area contributed by atoms with Crippen LogP contribution >= 0.6 is 0 Å². The summed E-state index contributed by atoms with van der Waals surface area (Å²) in [5.74, 6) is 3.28. The first kappa shape index (κ1) is 15.0. The first-order chi connectivity index (χ1) is 9.70. The molecule has 0 amide bonds. The fourth-order valence-electron chi connectivity index (χ4n) is 2.43. The van der Waals surface area contributed by atoms with Crippen LogP contribution < -0.4 is 10.6 Å². The van der Waals surface area contributed by atoms with E-state index in [1.165, 1.54) is 6.42 Å². The van der Waals surface area contributed by atoms with Crippen molar-refractivity contribution in [2.45, 2.75) is 40.0 Å². The third-order valence-electron chi connectivity index (χ3n) is 3.61. The molecule has 2 N–H and O–H groups in total. The summed E-state index contributed by atoms with van der Waals surface area (Å²) in [5, 5.41) is 6.84. The molecule has 0 spiro atoms. The highest BCUT2D eigenvalue weighted by Crippen LogP contribution is 2.21. The Hall–Kier alpha value is -1.36. The average Bonchev–Trinajstić information content (AvgIpc) is 2.47. The van der Waals surface area contributed by atoms with Crippen LogP contribution in [0.1, 0.15) is 37.6 Å². The Morgan fingerprint density at radius 1 is 1.20 bits per heavy atom. The molecular formula is C15H26N4O. The Bertz CT molecular complexity index is 430. The van der Waals surface area contributed by atoms with Crippen LogP contribution in [0.2, 0.25) is 0 Å². The number of nitrogens with one attached hydrogen (secondary N) is 2. The Labute approximate surface area is 121 Å². The minimum absolute atomic E-state index is 0.588. The maximum atomic E-state index is 5.52. The van der Waals surface area contributed by atoms with Gasteiger partial charge in [0.1, 0.15) is 17.5 Å². The maximum absolute atomic E-state index is 5.52. The standard InChI is InChI=1S/C15H26N4O/c1-4-7-16-14-11(2)15(19-12(3)18-14)17-9-13-6-5-8-20-10-13/h13H,4-10H2,1-3H3,(H2,16,17,18,19). The second-order valence-corrected chi connectivity index (χ2v) is 5.48. The van der Waals surface area contributed by atoms with Gasteiger partial charge in [0.05, 0.1) is 6.61 Å². The van der Waals surface area contributed by atoms with Crippen molar-refractivity contribution in [2.24, 2.45) is 5.92 Å². The Balaban J connectivity index is 2.00. The summed E-state index contributed by atoms with van der Waals surface area (Å²) in [6.07, 6.45) is 3.49. The molecule has 0 aromatic carbocycles. The van der Waals surface area contributed by atoms with Gasteiger partial charge in [-0.2, -0.15) is 0 Å². The van der Waals surface area contributed by atoms with Gasteiger partial charge in [0.2, 0.25) is 0 Å². The first-order valence-corrected chi connectivity index (χ1v) is 7.61. The lowest BCUT2D eigenvalue weighted by Gasteiger charge is -2.23. The van der Waals surface area contributed by atoms with Crippen LogP contribution in [0.25, 0.3) is 0 Å². The molecule has 5 nitrogen and oxygen atoms in total. The molecule has 0 bridgehead atoms. The van der Waals surface area contributed by atoms with Crippen molar-refractivity contribution in [2.75, 3.05) is 36.9 Å². The summed E-state index contributed by atoms with van der Waals surface area (Å²) in [4.78, 5) is 9.00. The monoisotopic (exact) mass is 278 g/mol. The lowest BCUT2D eigenvalue weighted by Crippen LogP contribution is -2.25. The third kappa shape index (κ3) is 4.07. The van der Waals surface area contributed by atoms with Gasteiger partial charge in [-0.05, 0) is 39.0 Å². The second kappa shape index (κ2) is 7.43. The lowest BCUT2D eigenvalue weighted by atomic mass is 10.0. The van der Waals surface area contributed by atoms with Crippen LogP contribution in [-0.2, 0) is 4.74 Å². The zero-order chi connectivity index (χ0) is 14.4. The molecule has 1 aliphatic heterocycles. The van der Waals surface area contributed by atoms with E-state index in [4.69, 9.17) is 4.74 Å². The number of anilines is 2. The number of aryl methyl sites for hydroxylation is 1. The van der Waals surface area contributed by atoms with E-state index in [1.807, 2.05) is 6.92 Å². The van der Waals surface area contributed by atoms with Crippen molar-refractivity contribution in [3.8, 4) is 0 Å². The van der Waals surface area contributed by atoms with E-state index in [0.717, 1.165) is 62.2 Å². The zero-order valence-corrected chi connectivity index (χ0v) is 12.8. The highest BCUT2D eigenvalue weighted by Gasteiger charge is 2.15. The molecule has 1 unspecified atom stereocenters. The molecular weight excluding hydrogens is 252 g/mol. The number of ether oxygens (including phenoxy) is 1. The molecule has 20 heavy (non-hydrogen) atoms. The molecule has 2 rings (SSSR count). The van der Waals surface area contributed by atoms with Crippen molar-refractivity contribution in [3.05, 3.63) is 11.4 Å². The van der Waals surface area contributed by atoms with Crippen molar-refractivity contribution in [1.29, 1.82) is 0 Å². The van der Waals surface area contributed by atoms with Gasteiger partial charge < -0.3 is 15.4 Å². The molecule has 112 valence electrons. The highest BCUT2D eigenvalue weighted by molar-refractivity contribution is 5.57. The average molecular weight is 278 g/mol. The van der Waals surface area contributed by atoms with Gasteiger partial charge in [0, 0.05) is 25.3 Å². The molecule has 1 saturated heterocycles. The van der Waals surface area contributed by atoms with E-state index in [-0.39, 0.29) is 0 Å². The molecule has 0 radical (unpaired) electrons. The summed E-state index contributed by atoms with van der Waals surface area (Å²) in [6.45, 7) is 9.78. The van der Waals surface area contributed by atoms with Crippen LogP contribution in [0.4, 0.5) is 11.6 Å². The largest absolute Gasteiger partial charge is 0.381 e. The predicted molar refractivity (Wildman–Crippen MR) is 82.3 cm³/mol. The van der Waals surface area contributed by atoms with Gasteiger partial charge in [-0.15, -0.1) is 0 Å². The number of aromatic nitrogens is 2. The van der Waals surface area contributed by atoms with Crippen molar-refractivity contribution >= 4 is 11.6 Å². The van der Waals surface area contributed by atoms with Crippen molar-refractivity contribution in [1.82, 2.24) is 9.97 Å². The van der Waals surface area contributed by atoms with E-state index in [9.17, 15) is 0 Å². The predicted octanol–water partition coefficient (Wildman–Crippen LogP) is 2.75. The van der Waals surface area contributed by atoms with Gasteiger partial charge >= 0.3 is 0 Å². The Kier molecular flexibility index (Phi) is 5.59. The molecule has 0 aliphatic carbocycles. The van der Waals surface area contributed by atoms with Gasteiger partial charge in [0.25, 0.3) is 0 Å². The van der Waals surface area contributed by atoms with Gasteiger partial charge in [-0.1, -0.05) is 6.92 Å². The van der Waals surface area contributed by atoms with Gasteiger partial charge in [-0.25, -0.2) is 9.97 Å².